The molecule has 0 bridgehead atoms. The highest BCUT2D eigenvalue weighted by Gasteiger charge is 2.41. The largest absolute Gasteiger partial charge is 0.310 e. The quantitative estimate of drug-likeness (QED) is 0.174. The molecule has 2 aliphatic carbocycles. The minimum Gasteiger partial charge on any atom is -0.310 e. The first kappa shape index (κ1) is 35.1. The van der Waals surface area contributed by atoms with E-state index in [1.165, 1.54) is 71.1 Å². The van der Waals surface area contributed by atoms with Crippen molar-refractivity contribution in [1.82, 2.24) is 9.97 Å². The Morgan fingerprint density at radius 3 is 1.98 bits per heavy atom. The molecule has 8 aromatic carbocycles. The fraction of sp³-hybridized carbons (Fsp3) is 0.107. The maximum Gasteiger partial charge on any atom is 0.160 e. The van der Waals surface area contributed by atoms with Gasteiger partial charge in [-0.1, -0.05) is 161 Å². The number of rotatable bonds is 5. The van der Waals surface area contributed by atoms with Crippen LogP contribution >= 0.6 is 11.3 Å². The lowest BCUT2D eigenvalue weighted by atomic mass is 9.79. The van der Waals surface area contributed by atoms with Gasteiger partial charge in [0.25, 0.3) is 0 Å². The van der Waals surface area contributed by atoms with Crippen LogP contribution in [0.15, 0.2) is 176 Å². The smallest absolute Gasteiger partial charge is 0.160 e. The molecule has 3 nitrogen and oxygen atoms in total. The maximum absolute atomic E-state index is 5.38. The molecule has 2 heterocycles. The van der Waals surface area contributed by atoms with Gasteiger partial charge >= 0.3 is 0 Å². The van der Waals surface area contributed by atoms with E-state index < -0.39 is 0 Å². The predicted octanol–water partition coefficient (Wildman–Crippen LogP) is 15.4. The van der Waals surface area contributed by atoms with E-state index in [1.54, 1.807) is 11.3 Å². The molecule has 2 aliphatic rings. The van der Waals surface area contributed by atoms with Gasteiger partial charge in [0.05, 0.1) is 21.6 Å². The molecule has 12 rings (SSSR count). The zero-order valence-corrected chi connectivity index (χ0v) is 34.8. The summed E-state index contributed by atoms with van der Waals surface area (Å²) in [4.78, 5) is 13.2. The van der Waals surface area contributed by atoms with Crippen LogP contribution in [0.1, 0.15) is 49.9 Å². The normalized spacial score (nSPS) is 14.3. The van der Waals surface area contributed by atoms with E-state index in [0.717, 1.165) is 44.2 Å². The molecular weight excluding hydrogens is 747 g/mol. The molecule has 4 heteroatoms. The third-order valence-corrected chi connectivity index (χ3v) is 14.4. The summed E-state index contributed by atoms with van der Waals surface area (Å²) in [5.74, 6) is 0.747. The SMILES string of the molecule is CC1(C)c2ccccc2-c2ccc(N(c3ccccc3)c3cc4ccccc4c4c3-c3ccc(-c5nc(-c6ccccc6)c6sc7ccccc7c6n5)cc3C4(C)C)cc21. The van der Waals surface area contributed by atoms with E-state index in [0.29, 0.717) is 0 Å². The lowest BCUT2D eigenvalue weighted by Crippen LogP contribution is -2.18. The van der Waals surface area contributed by atoms with Gasteiger partial charge in [0.2, 0.25) is 0 Å². The number of anilines is 3. The van der Waals surface area contributed by atoms with Gasteiger partial charge in [0.1, 0.15) is 0 Å². The number of hydrogen-bond donors (Lipinski definition) is 0. The van der Waals surface area contributed by atoms with Crippen molar-refractivity contribution in [3.63, 3.8) is 0 Å². The summed E-state index contributed by atoms with van der Waals surface area (Å²) >= 11 is 1.77. The van der Waals surface area contributed by atoms with Gasteiger partial charge in [-0.2, -0.15) is 0 Å². The molecule has 0 aliphatic heterocycles. The molecule has 0 N–H and O–H groups in total. The number of para-hydroxylation sites is 1. The summed E-state index contributed by atoms with van der Waals surface area (Å²) in [7, 11) is 0. The van der Waals surface area contributed by atoms with Crippen molar-refractivity contribution in [2.45, 2.75) is 38.5 Å². The average Bonchev–Trinajstić information content (AvgIpc) is 3.86. The number of nitrogens with zero attached hydrogens (tertiary/aromatic N) is 3. The van der Waals surface area contributed by atoms with E-state index in [4.69, 9.17) is 9.97 Å². The Hall–Kier alpha value is -6.88. The minimum absolute atomic E-state index is 0.124. The van der Waals surface area contributed by atoms with Crippen molar-refractivity contribution >= 4 is 59.5 Å². The molecule has 10 aromatic rings. The first-order valence-electron chi connectivity index (χ1n) is 20.8. The summed E-state index contributed by atoms with van der Waals surface area (Å²) in [6.07, 6.45) is 0. The summed E-state index contributed by atoms with van der Waals surface area (Å²) < 4.78 is 2.34. The van der Waals surface area contributed by atoms with Crippen LogP contribution in [0.25, 0.3) is 76.0 Å². The fourth-order valence-corrected chi connectivity index (χ4v) is 11.5. The van der Waals surface area contributed by atoms with Gasteiger partial charge in [-0.25, -0.2) is 9.97 Å². The average molecular weight is 788 g/mol. The van der Waals surface area contributed by atoms with Crippen LogP contribution in [0.2, 0.25) is 0 Å². The van der Waals surface area contributed by atoms with Crippen molar-refractivity contribution in [3.8, 4) is 44.9 Å². The maximum atomic E-state index is 5.38. The highest BCUT2D eigenvalue weighted by Crippen LogP contribution is 2.58. The lowest BCUT2D eigenvalue weighted by molar-refractivity contribution is 0.660. The van der Waals surface area contributed by atoms with E-state index in [9.17, 15) is 0 Å². The lowest BCUT2D eigenvalue weighted by Gasteiger charge is -2.31. The minimum atomic E-state index is -0.318. The molecule has 0 spiro atoms. The number of thiophene rings is 1. The van der Waals surface area contributed by atoms with Crippen LogP contribution in [0.3, 0.4) is 0 Å². The van der Waals surface area contributed by atoms with Crippen LogP contribution in [0.5, 0.6) is 0 Å². The van der Waals surface area contributed by atoms with Crippen LogP contribution in [-0.4, -0.2) is 9.97 Å². The van der Waals surface area contributed by atoms with Crippen LogP contribution in [-0.2, 0) is 10.8 Å². The Kier molecular flexibility index (Phi) is 7.49. The van der Waals surface area contributed by atoms with E-state index in [1.807, 2.05) is 0 Å². The first-order valence-corrected chi connectivity index (χ1v) is 21.6. The zero-order valence-electron chi connectivity index (χ0n) is 34.0. The van der Waals surface area contributed by atoms with Gasteiger partial charge in [0.15, 0.2) is 5.82 Å². The van der Waals surface area contributed by atoms with Crippen molar-refractivity contribution < 1.29 is 0 Å². The van der Waals surface area contributed by atoms with Gasteiger partial charge in [-0.3, -0.25) is 0 Å². The first-order chi connectivity index (χ1) is 29.3. The van der Waals surface area contributed by atoms with E-state index in [-0.39, 0.29) is 10.8 Å². The monoisotopic (exact) mass is 787 g/mol. The van der Waals surface area contributed by atoms with Crippen molar-refractivity contribution in [2.24, 2.45) is 0 Å². The molecule has 0 fully saturated rings. The van der Waals surface area contributed by atoms with Crippen LogP contribution in [0.4, 0.5) is 17.1 Å². The second kappa shape index (κ2) is 12.8. The Balaban J connectivity index is 1.09. The number of hydrogen-bond acceptors (Lipinski definition) is 4. The summed E-state index contributed by atoms with van der Waals surface area (Å²) in [5.41, 5.74) is 17.7. The molecular formula is C56H41N3S. The summed E-state index contributed by atoms with van der Waals surface area (Å²) in [5, 5.41) is 3.68. The number of aromatic nitrogens is 2. The molecule has 2 aromatic heterocycles. The second-order valence-corrected chi connectivity index (χ2v) is 18.4. The van der Waals surface area contributed by atoms with Crippen molar-refractivity contribution in [3.05, 3.63) is 198 Å². The predicted molar refractivity (Wildman–Crippen MR) is 253 cm³/mol. The Bertz CT molecular complexity index is 3380. The summed E-state index contributed by atoms with van der Waals surface area (Å²) in [6.45, 7) is 9.52. The molecule has 0 unspecified atom stereocenters. The Labute approximate surface area is 354 Å². The Morgan fingerprint density at radius 1 is 0.483 bits per heavy atom. The standard InChI is InChI=1S/C56H41N3S/c1-55(2)44-25-15-13-23-40(44)41-30-28-38(33-46(41)55)59(37-20-9-6-10-21-37)47-32-35-19-11-12-22-39(35)50-49(47)42-29-27-36(31-45(42)56(50,3)4)54-57-51(34-17-7-5-8-18-34)53-52(58-54)43-24-14-16-26-48(43)60-53/h5-33H,1-4H3. The molecule has 0 saturated heterocycles. The van der Waals surface area contributed by atoms with Gasteiger partial charge < -0.3 is 4.90 Å². The molecule has 0 atom stereocenters. The van der Waals surface area contributed by atoms with Crippen molar-refractivity contribution in [2.75, 3.05) is 4.90 Å². The van der Waals surface area contributed by atoms with Crippen LogP contribution in [0, 0.1) is 0 Å². The Morgan fingerprint density at radius 2 is 1.15 bits per heavy atom. The topological polar surface area (TPSA) is 29.0 Å². The summed E-state index contributed by atoms with van der Waals surface area (Å²) in [6, 6.07) is 64.4. The highest BCUT2D eigenvalue weighted by molar-refractivity contribution is 7.26. The van der Waals surface area contributed by atoms with Crippen LogP contribution < -0.4 is 4.90 Å². The van der Waals surface area contributed by atoms with E-state index in [2.05, 4.69) is 209 Å². The molecule has 60 heavy (non-hydrogen) atoms. The van der Waals surface area contributed by atoms with E-state index >= 15 is 0 Å². The van der Waals surface area contributed by atoms with Gasteiger partial charge in [-0.15, -0.1) is 11.3 Å². The third-order valence-electron chi connectivity index (χ3n) is 13.2. The fourth-order valence-electron chi connectivity index (χ4n) is 10.3. The molecule has 286 valence electrons. The zero-order chi connectivity index (χ0) is 40.3. The van der Waals surface area contributed by atoms with Crippen molar-refractivity contribution in [1.29, 1.82) is 0 Å². The number of fused-ring (bicyclic) bond motifs is 11. The number of benzene rings is 8. The molecule has 0 amide bonds. The highest BCUT2D eigenvalue weighted by atomic mass is 32.1. The second-order valence-electron chi connectivity index (χ2n) is 17.4. The third kappa shape index (κ3) is 5.01. The molecule has 0 radical (unpaired) electrons. The van der Waals surface area contributed by atoms with Gasteiger partial charge in [0, 0.05) is 49.0 Å². The van der Waals surface area contributed by atoms with Gasteiger partial charge in [-0.05, 0) is 92.2 Å². The molecule has 0 saturated carbocycles.